The zero-order valence-electron chi connectivity index (χ0n) is 11.1. The number of nitrogens with one attached hydrogen (secondary N) is 1. The molecule has 100 valence electrons. The summed E-state index contributed by atoms with van der Waals surface area (Å²) in [6.45, 7) is 7.20. The molecule has 1 atom stereocenters. The Kier molecular flexibility index (Phi) is 4.66. The van der Waals surface area contributed by atoms with Gasteiger partial charge in [-0.25, -0.2) is 0 Å². The van der Waals surface area contributed by atoms with Crippen LogP contribution in [0.1, 0.15) is 36.9 Å². The van der Waals surface area contributed by atoms with E-state index in [1.165, 1.54) is 38.0 Å². The molecule has 1 saturated heterocycles. The summed E-state index contributed by atoms with van der Waals surface area (Å²) < 4.78 is 0. The Morgan fingerprint density at radius 1 is 1.22 bits per heavy atom. The van der Waals surface area contributed by atoms with Crippen molar-refractivity contribution in [1.82, 2.24) is 10.2 Å². The fourth-order valence-electron chi connectivity index (χ4n) is 3.26. The van der Waals surface area contributed by atoms with Crippen molar-refractivity contribution in [2.24, 2.45) is 5.92 Å². The van der Waals surface area contributed by atoms with Crippen molar-refractivity contribution < 1.29 is 0 Å². The second-order valence-electron chi connectivity index (χ2n) is 5.50. The summed E-state index contributed by atoms with van der Waals surface area (Å²) in [7, 11) is 0. The molecule has 1 N–H and O–H groups in total. The molecular weight excluding hydrogens is 244 g/mol. The van der Waals surface area contributed by atoms with Gasteiger partial charge in [-0.05, 0) is 49.9 Å². The summed E-state index contributed by atoms with van der Waals surface area (Å²) in [6, 6.07) is 9.53. The Labute approximate surface area is 116 Å². The first kappa shape index (κ1) is 13.9. The molecule has 0 aliphatic carbocycles. The van der Waals surface area contributed by atoms with E-state index in [0.717, 1.165) is 12.5 Å². The van der Waals surface area contributed by atoms with Crippen LogP contribution in [-0.4, -0.2) is 24.5 Å². The molecule has 3 rings (SSSR count). The van der Waals surface area contributed by atoms with Gasteiger partial charge in [0.2, 0.25) is 0 Å². The van der Waals surface area contributed by atoms with Crippen molar-refractivity contribution in [3.05, 3.63) is 35.4 Å². The number of hydrogen-bond donors (Lipinski definition) is 1. The van der Waals surface area contributed by atoms with Gasteiger partial charge in [-0.15, -0.1) is 12.4 Å². The van der Waals surface area contributed by atoms with Gasteiger partial charge in [0.1, 0.15) is 0 Å². The maximum atomic E-state index is 3.45. The lowest BCUT2D eigenvalue weighted by Crippen LogP contribution is -2.35. The van der Waals surface area contributed by atoms with Crippen LogP contribution in [0, 0.1) is 5.92 Å². The lowest BCUT2D eigenvalue weighted by Gasteiger charge is -2.30. The maximum absolute atomic E-state index is 3.45. The number of rotatable bonds is 2. The average molecular weight is 267 g/mol. The Morgan fingerprint density at radius 2 is 1.94 bits per heavy atom. The molecule has 2 heterocycles. The molecule has 0 aromatic heterocycles. The molecule has 2 aliphatic rings. The third kappa shape index (κ3) is 2.71. The second-order valence-corrected chi connectivity index (χ2v) is 5.50. The van der Waals surface area contributed by atoms with Gasteiger partial charge in [0.15, 0.2) is 0 Å². The largest absolute Gasteiger partial charge is 0.317 e. The van der Waals surface area contributed by atoms with Gasteiger partial charge >= 0.3 is 0 Å². The Hall–Kier alpha value is -0.570. The third-order valence-electron chi connectivity index (χ3n) is 4.38. The highest BCUT2D eigenvalue weighted by Crippen LogP contribution is 2.34. The summed E-state index contributed by atoms with van der Waals surface area (Å²) >= 11 is 0. The van der Waals surface area contributed by atoms with Crippen LogP contribution in [0.15, 0.2) is 24.3 Å². The number of halogens is 1. The molecule has 18 heavy (non-hydrogen) atoms. The number of nitrogens with zero attached hydrogens (tertiary/aromatic N) is 1. The Balaban J connectivity index is 0.00000120. The first-order valence-corrected chi connectivity index (χ1v) is 6.87. The average Bonchev–Trinajstić information content (AvgIpc) is 2.68. The molecule has 1 aromatic carbocycles. The second kappa shape index (κ2) is 6.05. The fraction of sp³-hybridized carbons (Fsp3) is 0.600. The van der Waals surface area contributed by atoms with E-state index in [0.29, 0.717) is 6.04 Å². The molecule has 0 radical (unpaired) electrons. The maximum Gasteiger partial charge on any atom is 0.0326 e. The number of benzene rings is 1. The molecule has 0 saturated carbocycles. The van der Waals surface area contributed by atoms with Gasteiger partial charge in [0.25, 0.3) is 0 Å². The van der Waals surface area contributed by atoms with E-state index in [1.807, 2.05) is 0 Å². The molecule has 1 fully saturated rings. The quantitative estimate of drug-likeness (QED) is 0.885. The molecule has 0 amide bonds. The summed E-state index contributed by atoms with van der Waals surface area (Å²) in [5, 5.41) is 3.45. The summed E-state index contributed by atoms with van der Waals surface area (Å²) in [5.41, 5.74) is 3.08. The van der Waals surface area contributed by atoms with Crippen LogP contribution < -0.4 is 5.32 Å². The van der Waals surface area contributed by atoms with Crippen LogP contribution in [0.25, 0.3) is 0 Å². The lowest BCUT2D eigenvalue weighted by atomic mass is 9.97. The summed E-state index contributed by atoms with van der Waals surface area (Å²) in [4.78, 5) is 2.65. The molecule has 1 unspecified atom stereocenters. The minimum absolute atomic E-state index is 0. The first-order valence-electron chi connectivity index (χ1n) is 6.87. The number of piperidine rings is 1. The topological polar surface area (TPSA) is 15.3 Å². The highest BCUT2D eigenvalue weighted by atomic mass is 35.5. The van der Waals surface area contributed by atoms with E-state index in [9.17, 15) is 0 Å². The molecular formula is C15H23ClN2. The van der Waals surface area contributed by atoms with E-state index < -0.39 is 0 Å². The highest BCUT2D eigenvalue weighted by molar-refractivity contribution is 5.85. The van der Waals surface area contributed by atoms with Crippen LogP contribution >= 0.6 is 12.4 Å². The van der Waals surface area contributed by atoms with Gasteiger partial charge in [-0.2, -0.15) is 0 Å². The van der Waals surface area contributed by atoms with E-state index in [-0.39, 0.29) is 12.4 Å². The number of hydrogen-bond acceptors (Lipinski definition) is 2. The predicted octanol–water partition coefficient (Wildman–Crippen LogP) is 2.98. The fourth-order valence-corrected chi connectivity index (χ4v) is 3.26. The predicted molar refractivity (Wildman–Crippen MR) is 78.1 cm³/mol. The van der Waals surface area contributed by atoms with Crippen molar-refractivity contribution >= 4 is 12.4 Å². The smallest absolute Gasteiger partial charge is 0.0326 e. The van der Waals surface area contributed by atoms with Crippen LogP contribution in [0.3, 0.4) is 0 Å². The highest BCUT2D eigenvalue weighted by Gasteiger charge is 2.28. The van der Waals surface area contributed by atoms with Gasteiger partial charge < -0.3 is 5.32 Å². The van der Waals surface area contributed by atoms with E-state index in [2.05, 4.69) is 41.4 Å². The van der Waals surface area contributed by atoms with E-state index in [1.54, 1.807) is 5.56 Å². The summed E-state index contributed by atoms with van der Waals surface area (Å²) in [5.74, 6) is 0.896. The Morgan fingerprint density at radius 3 is 2.67 bits per heavy atom. The monoisotopic (exact) mass is 266 g/mol. The molecule has 0 bridgehead atoms. The van der Waals surface area contributed by atoms with E-state index in [4.69, 9.17) is 0 Å². The van der Waals surface area contributed by atoms with E-state index >= 15 is 0 Å². The van der Waals surface area contributed by atoms with Crippen molar-refractivity contribution in [2.75, 3.05) is 19.6 Å². The van der Waals surface area contributed by atoms with Crippen LogP contribution in [-0.2, 0) is 6.54 Å². The standard InChI is InChI=1S/C15H22N2.ClH/c1-12-15-5-3-2-4-14(15)11-17(12)10-13-6-8-16-9-7-13;/h2-5,12-13,16H,6-11H2,1H3;1H. The molecule has 2 aliphatic heterocycles. The van der Waals surface area contributed by atoms with Gasteiger partial charge in [-0.1, -0.05) is 24.3 Å². The van der Waals surface area contributed by atoms with Crippen molar-refractivity contribution in [3.8, 4) is 0 Å². The third-order valence-corrected chi connectivity index (χ3v) is 4.38. The summed E-state index contributed by atoms with van der Waals surface area (Å²) in [6.07, 6.45) is 2.69. The molecule has 0 spiro atoms. The number of fused-ring (bicyclic) bond motifs is 1. The van der Waals surface area contributed by atoms with Crippen molar-refractivity contribution in [2.45, 2.75) is 32.4 Å². The van der Waals surface area contributed by atoms with Gasteiger partial charge in [-0.3, -0.25) is 4.90 Å². The van der Waals surface area contributed by atoms with Gasteiger partial charge in [0.05, 0.1) is 0 Å². The minimum Gasteiger partial charge on any atom is -0.317 e. The van der Waals surface area contributed by atoms with Crippen LogP contribution in [0.2, 0.25) is 0 Å². The minimum atomic E-state index is 0. The first-order chi connectivity index (χ1) is 8.34. The van der Waals surface area contributed by atoms with Crippen molar-refractivity contribution in [3.63, 3.8) is 0 Å². The van der Waals surface area contributed by atoms with Gasteiger partial charge in [0, 0.05) is 19.1 Å². The van der Waals surface area contributed by atoms with Crippen LogP contribution in [0.5, 0.6) is 0 Å². The zero-order chi connectivity index (χ0) is 11.7. The van der Waals surface area contributed by atoms with Crippen LogP contribution in [0.4, 0.5) is 0 Å². The molecule has 1 aromatic rings. The Bertz CT molecular complexity index is 388. The zero-order valence-corrected chi connectivity index (χ0v) is 11.9. The van der Waals surface area contributed by atoms with Crippen molar-refractivity contribution in [1.29, 1.82) is 0 Å². The molecule has 2 nitrogen and oxygen atoms in total. The normalized spacial score (nSPS) is 24.6. The lowest BCUT2D eigenvalue weighted by molar-refractivity contribution is 0.173. The SMILES string of the molecule is CC1c2ccccc2CN1CC1CCNCC1.Cl. The molecule has 3 heteroatoms.